The van der Waals surface area contributed by atoms with Crippen LogP contribution in [0.2, 0.25) is 0 Å². The molecule has 1 heterocycles. The Hall–Kier alpha value is -1.40. The average Bonchev–Trinajstić information content (AvgIpc) is 2.89. The number of primary sulfonamides is 1. The highest BCUT2D eigenvalue weighted by Gasteiger charge is 2.33. The van der Waals surface area contributed by atoms with E-state index in [9.17, 15) is 13.2 Å². The molecule has 110 valence electrons. The van der Waals surface area contributed by atoms with E-state index in [-0.39, 0.29) is 12.5 Å². The quantitative estimate of drug-likeness (QED) is 0.904. The third-order valence-electron chi connectivity index (χ3n) is 3.64. The van der Waals surface area contributed by atoms with Gasteiger partial charge in [0.05, 0.1) is 5.25 Å². The molecule has 6 heteroatoms. The van der Waals surface area contributed by atoms with E-state index in [1.54, 1.807) is 17.0 Å². The van der Waals surface area contributed by atoms with Gasteiger partial charge in [0.25, 0.3) is 5.91 Å². The molecular weight excluding hydrogens is 276 g/mol. The van der Waals surface area contributed by atoms with Gasteiger partial charge in [0.1, 0.15) is 0 Å². The van der Waals surface area contributed by atoms with Crippen molar-refractivity contribution in [3.8, 4) is 0 Å². The number of carbonyl (C=O) groups excluding carboxylic acids is 1. The fourth-order valence-electron chi connectivity index (χ4n) is 2.47. The number of aryl methyl sites for hydroxylation is 1. The fraction of sp³-hybridized carbons (Fsp3) is 0.500. The highest BCUT2D eigenvalue weighted by molar-refractivity contribution is 7.89. The summed E-state index contributed by atoms with van der Waals surface area (Å²) in [5.41, 5.74) is 1.80. The molecule has 0 aromatic heterocycles. The van der Waals surface area contributed by atoms with Crippen molar-refractivity contribution in [2.75, 3.05) is 13.1 Å². The lowest BCUT2D eigenvalue weighted by atomic mass is 10.1. The summed E-state index contributed by atoms with van der Waals surface area (Å²) in [6.45, 7) is 2.74. The Morgan fingerprint density at radius 3 is 2.50 bits per heavy atom. The Morgan fingerprint density at radius 2 is 2.00 bits per heavy atom. The lowest BCUT2D eigenvalue weighted by Gasteiger charge is -2.16. The van der Waals surface area contributed by atoms with Crippen LogP contribution in [0.5, 0.6) is 0 Å². The molecule has 0 saturated carbocycles. The van der Waals surface area contributed by atoms with E-state index < -0.39 is 15.3 Å². The standard InChI is InChI=1S/C14H20N2O3S/c1-2-3-11-4-6-12(7-5-11)14(17)16-9-8-13(10-16)20(15,18)19/h4-7,13H,2-3,8-10H2,1H3,(H2,15,18,19)/t13-/m0/s1. The average molecular weight is 296 g/mol. The van der Waals surface area contributed by atoms with Crippen molar-refractivity contribution in [2.24, 2.45) is 5.14 Å². The molecule has 0 bridgehead atoms. The SMILES string of the molecule is CCCc1ccc(C(=O)N2CC[C@H](S(N)(=O)=O)C2)cc1. The molecule has 5 nitrogen and oxygen atoms in total. The Balaban J connectivity index is 2.05. The molecule has 1 saturated heterocycles. The third kappa shape index (κ3) is 3.37. The van der Waals surface area contributed by atoms with Crippen LogP contribution in [-0.4, -0.2) is 37.6 Å². The second-order valence-electron chi connectivity index (χ2n) is 5.20. The van der Waals surface area contributed by atoms with E-state index in [1.807, 2.05) is 12.1 Å². The molecule has 1 fully saturated rings. The summed E-state index contributed by atoms with van der Waals surface area (Å²) in [4.78, 5) is 13.8. The molecule has 0 radical (unpaired) electrons. The summed E-state index contributed by atoms with van der Waals surface area (Å²) in [6.07, 6.45) is 2.47. The van der Waals surface area contributed by atoms with Crippen molar-refractivity contribution in [3.05, 3.63) is 35.4 Å². The summed E-state index contributed by atoms with van der Waals surface area (Å²) < 4.78 is 22.6. The molecule has 2 N–H and O–H groups in total. The van der Waals surface area contributed by atoms with Gasteiger partial charge in [-0.05, 0) is 30.5 Å². The maximum Gasteiger partial charge on any atom is 0.253 e. The van der Waals surface area contributed by atoms with Crippen LogP contribution >= 0.6 is 0 Å². The van der Waals surface area contributed by atoms with Gasteiger partial charge >= 0.3 is 0 Å². The molecule has 1 atom stereocenters. The largest absolute Gasteiger partial charge is 0.337 e. The van der Waals surface area contributed by atoms with Crippen LogP contribution in [0.15, 0.2) is 24.3 Å². The molecule has 0 spiro atoms. The first-order valence-electron chi connectivity index (χ1n) is 6.81. The van der Waals surface area contributed by atoms with Gasteiger partial charge in [0.15, 0.2) is 0 Å². The molecule has 0 aliphatic carbocycles. The van der Waals surface area contributed by atoms with Crippen LogP contribution in [-0.2, 0) is 16.4 Å². The molecule has 1 aliphatic rings. The maximum atomic E-state index is 12.3. The van der Waals surface area contributed by atoms with Gasteiger partial charge in [-0.25, -0.2) is 13.6 Å². The number of rotatable bonds is 4. The minimum Gasteiger partial charge on any atom is -0.337 e. The van der Waals surface area contributed by atoms with Gasteiger partial charge in [-0.1, -0.05) is 25.5 Å². The van der Waals surface area contributed by atoms with E-state index >= 15 is 0 Å². The van der Waals surface area contributed by atoms with E-state index in [0.29, 0.717) is 18.5 Å². The van der Waals surface area contributed by atoms with Crippen LogP contribution in [0.4, 0.5) is 0 Å². The summed E-state index contributed by atoms with van der Waals surface area (Å²) in [6, 6.07) is 7.50. The molecule has 20 heavy (non-hydrogen) atoms. The van der Waals surface area contributed by atoms with Gasteiger partial charge in [-0.2, -0.15) is 0 Å². The number of nitrogens with zero attached hydrogens (tertiary/aromatic N) is 1. The van der Waals surface area contributed by atoms with Gasteiger partial charge in [0.2, 0.25) is 10.0 Å². The van der Waals surface area contributed by atoms with Crippen molar-refractivity contribution in [3.63, 3.8) is 0 Å². The first-order chi connectivity index (χ1) is 9.41. The number of carbonyl (C=O) groups is 1. The van der Waals surface area contributed by atoms with Crippen molar-refractivity contribution in [2.45, 2.75) is 31.4 Å². The zero-order valence-corrected chi connectivity index (χ0v) is 12.4. The van der Waals surface area contributed by atoms with Gasteiger partial charge in [-0.3, -0.25) is 4.79 Å². The second kappa shape index (κ2) is 5.93. The minimum absolute atomic E-state index is 0.126. The van der Waals surface area contributed by atoms with E-state index in [2.05, 4.69) is 6.92 Å². The Kier molecular flexibility index (Phi) is 4.45. The highest BCUT2D eigenvalue weighted by atomic mass is 32.2. The maximum absolute atomic E-state index is 12.3. The molecular formula is C14H20N2O3S. The number of amides is 1. The summed E-state index contributed by atoms with van der Waals surface area (Å²) in [5, 5.41) is 4.50. The first kappa shape index (κ1) is 15.0. The molecule has 2 rings (SSSR count). The molecule has 1 amide bonds. The predicted octanol–water partition coefficient (Wildman–Crippen LogP) is 1.14. The zero-order valence-electron chi connectivity index (χ0n) is 11.6. The summed E-state index contributed by atoms with van der Waals surface area (Å²) in [5.74, 6) is -0.126. The molecule has 1 aliphatic heterocycles. The first-order valence-corrected chi connectivity index (χ1v) is 8.42. The zero-order chi connectivity index (χ0) is 14.8. The smallest absolute Gasteiger partial charge is 0.253 e. The Labute approximate surface area is 119 Å². The lowest BCUT2D eigenvalue weighted by Crippen LogP contribution is -2.34. The highest BCUT2D eigenvalue weighted by Crippen LogP contribution is 2.18. The number of likely N-dealkylation sites (tertiary alicyclic amines) is 1. The van der Waals surface area contributed by atoms with Crippen LogP contribution in [0.25, 0.3) is 0 Å². The number of hydrogen-bond donors (Lipinski definition) is 1. The van der Waals surface area contributed by atoms with Crippen molar-refractivity contribution >= 4 is 15.9 Å². The number of nitrogens with two attached hydrogens (primary N) is 1. The van der Waals surface area contributed by atoms with Gasteiger partial charge in [0, 0.05) is 18.7 Å². The Morgan fingerprint density at radius 1 is 1.35 bits per heavy atom. The number of benzene rings is 1. The fourth-order valence-corrected chi connectivity index (χ4v) is 3.29. The van der Waals surface area contributed by atoms with Crippen LogP contribution in [0.3, 0.4) is 0 Å². The number of sulfonamides is 1. The van der Waals surface area contributed by atoms with E-state index in [1.165, 1.54) is 5.56 Å². The Bertz CT molecular complexity index is 581. The normalized spacial score (nSPS) is 19.3. The second-order valence-corrected chi connectivity index (χ2v) is 7.04. The predicted molar refractivity (Wildman–Crippen MR) is 77.9 cm³/mol. The summed E-state index contributed by atoms with van der Waals surface area (Å²) >= 11 is 0. The lowest BCUT2D eigenvalue weighted by molar-refractivity contribution is 0.0793. The monoisotopic (exact) mass is 296 g/mol. The van der Waals surface area contributed by atoms with E-state index in [0.717, 1.165) is 12.8 Å². The van der Waals surface area contributed by atoms with Crippen molar-refractivity contribution < 1.29 is 13.2 Å². The molecule has 1 aromatic carbocycles. The van der Waals surface area contributed by atoms with Crippen LogP contribution in [0, 0.1) is 0 Å². The third-order valence-corrected chi connectivity index (χ3v) is 4.95. The minimum atomic E-state index is -3.56. The topological polar surface area (TPSA) is 80.5 Å². The van der Waals surface area contributed by atoms with Crippen molar-refractivity contribution in [1.29, 1.82) is 0 Å². The van der Waals surface area contributed by atoms with Gasteiger partial charge < -0.3 is 4.90 Å². The molecule has 1 aromatic rings. The van der Waals surface area contributed by atoms with Crippen molar-refractivity contribution in [1.82, 2.24) is 4.90 Å². The number of hydrogen-bond acceptors (Lipinski definition) is 3. The van der Waals surface area contributed by atoms with Gasteiger partial charge in [-0.15, -0.1) is 0 Å². The van der Waals surface area contributed by atoms with Crippen LogP contribution < -0.4 is 5.14 Å². The molecule has 0 unspecified atom stereocenters. The van der Waals surface area contributed by atoms with E-state index in [4.69, 9.17) is 5.14 Å². The summed E-state index contributed by atoms with van der Waals surface area (Å²) in [7, 11) is -3.56. The van der Waals surface area contributed by atoms with Crippen LogP contribution in [0.1, 0.15) is 35.7 Å².